The van der Waals surface area contributed by atoms with Crippen LogP contribution in [-0.4, -0.2) is 17.4 Å². The van der Waals surface area contributed by atoms with E-state index in [4.69, 9.17) is 5.11 Å². The van der Waals surface area contributed by atoms with E-state index in [2.05, 4.69) is 0 Å². The molecule has 0 bridgehead atoms. The highest BCUT2D eigenvalue weighted by Crippen LogP contribution is 2.26. The van der Waals surface area contributed by atoms with Gasteiger partial charge >= 0.3 is 5.97 Å². The Bertz CT molecular complexity index is 363. The fraction of sp³-hybridized carbons (Fsp3) is 0.333. The maximum atomic E-state index is 10.7. The van der Waals surface area contributed by atoms with Crippen LogP contribution in [0.25, 0.3) is 0 Å². The van der Waals surface area contributed by atoms with Crippen molar-refractivity contribution in [2.24, 2.45) is 0 Å². The Kier molecular flexibility index (Phi) is 3.24. The van der Waals surface area contributed by atoms with E-state index in [9.17, 15) is 9.59 Å². The summed E-state index contributed by atoms with van der Waals surface area (Å²) in [5.41, 5.74) is 1.12. The molecule has 0 atom stereocenters. The molecule has 0 saturated heterocycles. The number of aliphatic carboxylic acids is 1. The summed E-state index contributed by atoms with van der Waals surface area (Å²) in [6.07, 6.45) is 0.849. The van der Waals surface area contributed by atoms with Gasteiger partial charge in [0.2, 0.25) is 0 Å². The van der Waals surface area contributed by atoms with Crippen LogP contribution >= 0.6 is 0 Å². The van der Waals surface area contributed by atoms with Crippen molar-refractivity contribution >= 4 is 12.3 Å². The molecule has 0 radical (unpaired) electrons. The molecule has 0 aliphatic carbocycles. The lowest BCUT2D eigenvalue weighted by atomic mass is 9.81. The molecule has 1 rings (SSSR count). The number of hydrogen-bond acceptors (Lipinski definition) is 2. The van der Waals surface area contributed by atoms with E-state index in [1.54, 1.807) is 24.3 Å². The Labute approximate surface area is 88.7 Å². The smallest absolute Gasteiger partial charge is 0.304 e. The Morgan fingerprint density at radius 3 is 2.27 bits per heavy atom. The lowest BCUT2D eigenvalue weighted by molar-refractivity contribution is -0.138. The van der Waals surface area contributed by atoms with Gasteiger partial charge in [-0.2, -0.15) is 0 Å². The van der Waals surface area contributed by atoms with Gasteiger partial charge in [-0.05, 0) is 5.56 Å². The second kappa shape index (κ2) is 4.26. The van der Waals surface area contributed by atoms with Gasteiger partial charge in [0.25, 0.3) is 0 Å². The van der Waals surface area contributed by atoms with Crippen molar-refractivity contribution in [3.05, 3.63) is 35.4 Å². The molecule has 1 N–H and O–H groups in total. The maximum Gasteiger partial charge on any atom is 0.304 e. The molecule has 0 heterocycles. The molecular weight excluding hydrogens is 192 g/mol. The monoisotopic (exact) mass is 206 g/mol. The SMILES string of the molecule is CC(C)(CC(=O)O)c1ccc(C=O)cc1. The third kappa shape index (κ3) is 2.91. The predicted molar refractivity (Wildman–Crippen MR) is 57.1 cm³/mol. The van der Waals surface area contributed by atoms with Crippen LogP contribution in [0.15, 0.2) is 24.3 Å². The molecule has 80 valence electrons. The zero-order valence-electron chi connectivity index (χ0n) is 8.86. The summed E-state index contributed by atoms with van der Waals surface area (Å²) in [4.78, 5) is 21.1. The fourth-order valence-electron chi connectivity index (χ4n) is 1.49. The van der Waals surface area contributed by atoms with Crippen LogP contribution in [0.3, 0.4) is 0 Å². The molecule has 0 amide bonds. The number of carboxylic acid groups (broad SMARTS) is 1. The molecule has 0 saturated carbocycles. The first-order valence-electron chi connectivity index (χ1n) is 4.73. The first kappa shape index (κ1) is 11.4. The minimum atomic E-state index is -0.820. The molecule has 1 aromatic rings. The number of rotatable bonds is 4. The van der Waals surface area contributed by atoms with Gasteiger partial charge in [0.15, 0.2) is 0 Å². The Morgan fingerprint density at radius 2 is 1.87 bits per heavy atom. The molecule has 0 aliphatic heterocycles. The first-order chi connectivity index (χ1) is 6.95. The van der Waals surface area contributed by atoms with Crippen LogP contribution in [0.5, 0.6) is 0 Å². The van der Waals surface area contributed by atoms with Gasteiger partial charge < -0.3 is 5.11 Å². The molecule has 0 unspecified atom stereocenters. The average molecular weight is 206 g/mol. The highest BCUT2D eigenvalue weighted by atomic mass is 16.4. The van der Waals surface area contributed by atoms with E-state index < -0.39 is 11.4 Å². The lowest BCUT2D eigenvalue weighted by Gasteiger charge is -2.22. The summed E-state index contributed by atoms with van der Waals surface area (Å²) in [7, 11) is 0. The topological polar surface area (TPSA) is 54.4 Å². The van der Waals surface area contributed by atoms with Crippen molar-refractivity contribution < 1.29 is 14.7 Å². The standard InChI is InChI=1S/C12H14O3/c1-12(2,7-11(14)15)10-5-3-9(8-13)4-6-10/h3-6,8H,7H2,1-2H3,(H,14,15). The third-order valence-corrected chi connectivity index (χ3v) is 2.42. The van der Waals surface area contributed by atoms with E-state index in [-0.39, 0.29) is 6.42 Å². The lowest BCUT2D eigenvalue weighted by Crippen LogP contribution is -2.21. The van der Waals surface area contributed by atoms with Gasteiger partial charge in [0.1, 0.15) is 6.29 Å². The summed E-state index contributed by atoms with van der Waals surface area (Å²) < 4.78 is 0. The minimum absolute atomic E-state index is 0.0768. The van der Waals surface area contributed by atoms with Crippen molar-refractivity contribution in [3.63, 3.8) is 0 Å². The number of hydrogen-bond donors (Lipinski definition) is 1. The Balaban J connectivity index is 2.94. The highest BCUT2D eigenvalue weighted by Gasteiger charge is 2.23. The first-order valence-corrected chi connectivity index (χ1v) is 4.73. The van der Waals surface area contributed by atoms with Gasteiger partial charge in [0.05, 0.1) is 6.42 Å². The van der Waals surface area contributed by atoms with Crippen LogP contribution in [-0.2, 0) is 10.2 Å². The summed E-state index contributed by atoms with van der Waals surface area (Å²) in [5.74, 6) is -0.820. The van der Waals surface area contributed by atoms with Crippen molar-refractivity contribution in [1.29, 1.82) is 0 Å². The van der Waals surface area contributed by atoms with E-state index in [0.29, 0.717) is 5.56 Å². The fourth-order valence-corrected chi connectivity index (χ4v) is 1.49. The number of carboxylic acids is 1. The number of carbonyl (C=O) groups is 2. The van der Waals surface area contributed by atoms with Gasteiger partial charge in [0, 0.05) is 11.0 Å². The van der Waals surface area contributed by atoms with E-state index >= 15 is 0 Å². The van der Waals surface area contributed by atoms with Crippen LogP contribution in [0, 0.1) is 0 Å². The molecule has 0 aromatic heterocycles. The largest absolute Gasteiger partial charge is 0.481 e. The molecule has 0 spiro atoms. The van der Waals surface area contributed by atoms with Crippen LogP contribution < -0.4 is 0 Å². The molecule has 3 heteroatoms. The number of carbonyl (C=O) groups excluding carboxylic acids is 1. The van der Waals surface area contributed by atoms with Gasteiger partial charge in [-0.3, -0.25) is 9.59 Å². The minimum Gasteiger partial charge on any atom is -0.481 e. The van der Waals surface area contributed by atoms with Crippen molar-refractivity contribution in [2.75, 3.05) is 0 Å². The average Bonchev–Trinajstić information content (AvgIpc) is 2.16. The molecule has 0 aliphatic rings. The van der Waals surface area contributed by atoms with Crippen LogP contribution in [0.4, 0.5) is 0 Å². The molecule has 1 aromatic carbocycles. The normalized spacial score (nSPS) is 11.1. The summed E-state index contributed by atoms with van der Waals surface area (Å²) >= 11 is 0. The van der Waals surface area contributed by atoms with E-state index in [1.165, 1.54) is 0 Å². The van der Waals surface area contributed by atoms with E-state index in [1.807, 2.05) is 13.8 Å². The van der Waals surface area contributed by atoms with E-state index in [0.717, 1.165) is 11.8 Å². The predicted octanol–water partition coefficient (Wildman–Crippen LogP) is 2.25. The third-order valence-electron chi connectivity index (χ3n) is 2.42. The molecule has 0 fully saturated rings. The second-order valence-corrected chi connectivity index (χ2v) is 4.19. The van der Waals surface area contributed by atoms with Gasteiger partial charge in [-0.25, -0.2) is 0 Å². The van der Waals surface area contributed by atoms with Crippen molar-refractivity contribution in [3.8, 4) is 0 Å². The van der Waals surface area contributed by atoms with Crippen LogP contribution in [0.2, 0.25) is 0 Å². The summed E-state index contributed by atoms with van der Waals surface area (Å²) in [6, 6.07) is 7.00. The van der Waals surface area contributed by atoms with Crippen molar-refractivity contribution in [2.45, 2.75) is 25.7 Å². The molecular formula is C12H14O3. The highest BCUT2D eigenvalue weighted by molar-refractivity contribution is 5.75. The summed E-state index contributed by atoms with van der Waals surface area (Å²) in [5, 5.41) is 8.76. The van der Waals surface area contributed by atoms with Gasteiger partial charge in [-0.1, -0.05) is 38.1 Å². The molecule has 3 nitrogen and oxygen atoms in total. The maximum absolute atomic E-state index is 10.7. The number of benzene rings is 1. The zero-order valence-corrected chi connectivity index (χ0v) is 8.86. The van der Waals surface area contributed by atoms with Crippen LogP contribution in [0.1, 0.15) is 36.2 Å². The Hall–Kier alpha value is -1.64. The van der Waals surface area contributed by atoms with Crippen molar-refractivity contribution in [1.82, 2.24) is 0 Å². The second-order valence-electron chi connectivity index (χ2n) is 4.19. The quantitative estimate of drug-likeness (QED) is 0.769. The molecule has 15 heavy (non-hydrogen) atoms. The number of aldehydes is 1. The summed E-state index contributed by atoms with van der Waals surface area (Å²) in [6.45, 7) is 3.74. The van der Waals surface area contributed by atoms with Gasteiger partial charge in [-0.15, -0.1) is 0 Å². The zero-order chi connectivity index (χ0) is 11.5. The Morgan fingerprint density at radius 1 is 1.33 bits per heavy atom.